The van der Waals surface area contributed by atoms with Gasteiger partial charge in [0.05, 0.1) is 23.6 Å². The van der Waals surface area contributed by atoms with E-state index in [9.17, 15) is 0 Å². The van der Waals surface area contributed by atoms with Crippen LogP contribution in [0, 0.1) is 0 Å². The Morgan fingerprint density at radius 2 is 1.33 bits per heavy atom. The van der Waals surface area contributed by atoms with Gasteiger partial charge in [-0.3, -0.25) is 15.0 Å². The molecule has 4 rings (SSSR count). The minimum absolute atomic E-state index is 0.666. The number of fused-ring (bicyclic) bond motifs is 3. The average Bonchev–Trinajstić information content (AvgIpc) is 2.88. The van der Waals surface area contributed by atoms with Crippen molar-refractivity contribution in [2.45, 2.75) is 6.54 Å². The van der Waals surface area contributed by atoms with Crippen LogP contribution in [0.25, 0.3) is 11.4 Å². The Bertz CT molecular complexity index is 775. The summed E-state index contributed by atoms with van der Waals surface area (Å²) < 4.78 is 0. The van der Waals surface area contributed by atoms with Crippen molar-refractivity contribution in [2.24, 2.45) is 4.99 Å². The molecule has 0 aliphatic heterocycles. The average molecular weight is 271 g/mol. The predicted octanol–water partition coefficient (Wildman–Crippen LogP) is 3.49. The number of aliphatic imine (C=N–C) groups is 1. The lowest BCUT2D eigenvalue weighted by atomic mass is 10.1. The van der Waals surface area contributed by atoms with E-state index >= 15 is 0 Å². The van der Waals surface area contributed by atoms with Gasteiger partial charge in [0.1, 0.15) is 0 Å². The molecule has 0 fully saturated rings. The van der Waals surface area contributed by atoms with Gasteiger partial charge in [-0.1, -0.05) is 30.3 Å². The highest BCUT2D eigenvalue weighted by atomic mass is 14.8. The van der Waals surface area contributed by atoms with Crippen LogP contribution < -0.4 is 0 Å². The molecule has 3 nitrogen and oxygen atoms in total. The first-order valence-electron chi connectivity index (χ1n) is 6.93. The van der Waals surface area contributed by atoms with E-state index < -0.39 is 0 Å². The van der Waals surface area contributed by atoms with Crippen molar-refractivity contribution in [3.8, 4) is 11.4 Å². The van der Waals surface area contributed by atoms with E-state index in [2.05, 4.69) is 34.2 Å². The second-order valence-electron chi connectivity index (χ2n) is 4.95. The number of aromatic nitrogens is 2. The summed E-state index contributed by atoms with van der Waals surface area (Å²) in [5, 5.41) is 0. The molecular formula is C18H13N3. The maximum atomic E-state index is 4.81. The Morgan fingerprint density at radius 1 is 0.714 bits per heavy atom. The zero-order valence-corrected chi connectivity index (χ0v) is 11.4. The third-order valence-electron chi connectivity index (χ3n) is 3.61. The van der Waals surface area contributed by atoms with Gasteiger partial charge in [0, 0.05) is 23.5 Å². The molecule has 0 atom stereocenters. The molecule has 0 spiro atoms. The molecule has 3 aromatic rings. The number of nitrogens with zero attached hydrogens (tertiary/aromatic N) is 3. The molecule has 2 aromatic heterocycles. The number of hydrogen-bond donors (Lipinski definition) is 0. The molecule has 0 radical (unpaired) electrons. The van der Waals surface area contributed by atoms with Crippen LogP contribution in [-0.4, -0.2) is 15.7 Å². The summed E-state index contributed by atoms with van der Waals surface area (Å²) in [5.41, 5.74) is 6.20. The molecule has 1 aliphatic rings. The normalized spacial score (nSPS) is 11.9. The Labute approximate surface area is 123 Å². The lowest BCUT2D eigenvalue weighted by molar-refractivity contribution is 1.07. The molecule has 0 bridgehead atoms. The summed E-state index contributed by atoms with van der Waals surface area (Å²) in [6, 6.07) is 18.3. The molecule has 0 saturated carbocycles. The van der Waals surface area contributed by atoms with Crippen LogP contribution in [-0.2, 0) is 6.54 Å². The monoisotopic (exact) mass is 271 g/mol. The van der Waals surface area contributed by atoms with Crippen LogP contribution in [0.3, 0.4) is 0 Å². The quantitative estimate of drug-likeness (QED) is 0.559. The minimum Gasteiger partial charge on any atom is -0.279 e. The second-order valence-corrected chi connectivity index (χ2v) is 4.95. The van der Waals surface area contributed by atoms with Gasteiger partial charge < -0.3 is 0 Å². The summed E-state index contributed by atoms with van der Waals surface area (Å²) in [7, 11) is 0. The highest BCUT2D eigenvalue weighted by Gasteiger charge is 2.26. The molecule has 0 unspecified atom stereocenters. The standard InChI is InChI=1S/C18H13N3/c1-2-6-13(7-3-1)12-21-16-14-8-4-10-19-17(14)18-15(16)9-5-11-20-18/h1-11H,12H2. The first-order chi connectivity index (χ1) is 10.4. The Kier molecular flexibility index (Phi) is 2.82. The van der Waals surface area contributed by atoms with E-state index in [1.165, 1.54) is 5.56 Å². The number of benzene rings is 1. The summed E-state index contributed by atoms with van der Waals surface area (Å²) >= 11 is 0. The summed E-state index contributed by atoms with van der Waals surface area (Å²) in [4.78, 5) is 13.7. The molecule has 1 aliphatic carbocycles. The molecule has 3 heteroatoms. The molecule has 21 heavy (non-hydrogen) atoms. The van der Waals surface area contributed by atoms with Crippen LogP contribution in [0.2, 0.25) is 0 Å². The van der Waals surface area contributed by atoms with Crippen molar-refractivity contribution in [1.29, 1.82) is 0 Å². The van der Waals surface area contributed by atoms with Gasteiger partial charge in [0.25, 0.3) is 0 Å². The molecule has 2 heterocycles. The molecule has 100 valence electrons. The van der Waals surface area contributed by atoms with E-state index in [0.717, 1.165) is 28.2 Å². The van der Waals surface area contributed by atoms with Crippen molar-refractivity contribution in [3.05, 3.63) is 83.7 Å². The Morgan fingerprint density at radius 3 is 1.95 bits per heavy atom. The molecule has 0 saturated heterocycles. The van der Waals surface area contributed by atoms with Crippen LogP contribution in [0.1, 0.15) is 16.7 Å². The van der Waals surface area contributed by atoms with Gasteiger partial charge in [-0.15, -0.1) is 0 Å². The lowest BCUT2D eigenvalue weighted by Crippen LogP contribution is -1.99. The maximum absolute atomic E-state index is 4.81. The zero-order valence-electron chi connectivity index (χ0n) is 11.4. The maximum Gasteiger partial charge on any atom is 0.0987 e. The smallest absolute Gasteiger partial charge is 0.0987 e. The van der Waals surface area contributed by atoms with E-state index in [0.29, 0.717) is 6.54 Å². The summed E-state index contributed by atoms with van der Waals surface area (Å²) in [6.07, 6.45) is 3.61. The highest BCUT2D eigenvalue weighted by Crippen LogP contribution is 2.33. The van der Waals surface area contributed by atoms with Gasteiger partial charge in [-0.05, 0) is 29.8 Å². The van der Waals surface area contributed by atoms with Crippen molar-refractivity contribution >= 4 is 5.71 Å². The summed E-state index contributed by atoms with van der Waals surface area (Å²) in [6.45, 7) is 0.666. The van der Waals surface area contributed by atoms with Crippen molar-refractivity contribution < 1.29 is 0 Å². The number of pyridine rings is 2. The first-order valence-corrected chi connectivity index (χ1v) is 6.93. The third-order valence-corrected chi connectivity index (χ3v) is 3.61. The topological polar surface area (TPSA) is 38.1 Å². The van der Waals surface area contributed by atoms with Crippen molar-refractivity contribution in [3.63, 3.8) is 0 Å². The Hall–Kier alpha value is -2.81. The predicted molar refractivity (Wildman–Crippen MR) is 83.3 cm³/mol. The van der Waals surface area contributed by atoms with E-state index in [1.54, 1.807) is 12.4 Å². The van der Waals surface area contributed by atoms with Crippen molar-refractivity contribution in [1.82, 2.24) is 9.97 Å². The minimum atomic E-state index is 0.666. The lowest BCUT2D eigenvalue weighted by Gasteiger charge is -2.01. The molecule has 0 N–H and O–H groups in total. The highest BCUT2D eigenvalue weighted by molar-refractivity contribution is 6.23. The van der Waals surface area contributed by atoms with Crippen LogP contribution in [0.15, 0.2) is 72.0 Å². The number of hydrogen-bond acceptors (Lipinski definition) is 3. The largest absolute Gasteiger partial charge is 0.279 e. The molecule has 1 aromatic carbocycles. The van der Waals surface area contributed by atoms with Gasteiger partial charge in [-0.2, -0.15) is 0 Å². The first kappa shape index (κ1) is 12.0. The van der Waals surface area contributed by atoms with E-state index in [4.69, 9.17) is 4.99 Å². The second kappa shape index (κ2) is 4.94. The van der Waals surface area contributed by atoms with Gasteiger partial charge in [-0.25, -0.2) is 0 Å². The Balaban J connectivity index is 1.82. The van der Waals surface area contributed by atoms with E-state index in [1.807, 2.05) is 30.3 Å². The van der Waals surface area contributed by atoms with Crippen molar-refractivity contribution in [2.75, 3.05) is 0 Å². The fourth-order valence-corrected chi connectivity index (χ4v) is 2.64. The van der Waals surface area contributed by atoms with Gasteiger partial charge >= 0.3 is 0 Å². The molecule has 0 amide bonds. The molecular weight excluding hydrogens is 258 g/mol. The van der Waals surface area contributed by atoms with Crippen LogP contribution in [0.4, 0.5) is 0 Å². The number of rotatable bonds is 2. The van der Waals surface area contributed by atoms with Gasteiger partial charge in [0.15, 0.2) is 0 Å². The van der Waals surface area contributed by atoms with Gasteiger partial charge in [0.2, 0.25) is 0 Å². The van der Waals surface area contributed by atoms with Crippen LogP contribution in [0.5, 0.6) is 0 Å². The van der Waals surface area contributed by atoms with Crippen LogP contribution >= 0.6 is 0 Å². The fourth-order valence-electron chi connectivity index (χ4n) is 2.64. The third kappa shape index (κ3) is 2.03. The SMILES string of the molecule is c1ccc(CN=C2c3cccnc3-c3ncccc32)cc1. The summed E-state index contributed by atoms with van der Waals surface area (Å²) in [5.74, 6) is 0. The fraction of sp³-hybridized carbons (Fsp3) is 0.0556. The zero-order chi connectivity index (χ0) is 14.1. The van der Waals surface area contributed by atoms with E-state index in [-0.39, 0.29) is 0 Å².